The van der Waals surface area contributed by atoms with Crippen LogP contribution in [0.1, 0.15) is 45.3 Å². The third-order valence-electron chi connectivity index (χ3n) is 3.15. The van der Waals surface area contributed by atoms with Crippen molar-refractivity contribution in [1.82, 2.24) is 20.3 Å². The van der Waals surface area contributed by atoms with E-state index in [-0.39, 0.29) is 0 Å². The molecule has 112 valence electrons. The molecule has 0 saturated heterocycles. The molecule has 2 rings (SSSR count). The number of hydrogen-bond donors (Lipinski definition) is 2. The molecule has 0 aromatic carbocycles. The maximum Gasteiger partial charge on any atom is 0.407 e. The lowest BCUT2D eigenvalue weighted by Crippen LogP contribution is -2.33. The number of hydrogen-bond acceptors (Lipinski definition) is 5. The van der Waals surface area contributed by atoms with Crippen molar-refractivity contribution in [3.05, 3.63) is 11.9 Å². The average molecular weight is 298 g/mol. The van der Waals surface area contributed by atoms with Crippen LogP contribution in [-0.4, -0.2) is 38.5 Å². The predicted octanol–water partition coefficient (Wildman–Crippen LogP) is 1.98. The zero-order valence-corrected chi connectivity index (χ0v) is 13.1. The molecule has 1 aromatic heterocycles. The molecule has 1 fully saturated rings. The van der Waals surface area contributed by atoms with Crippen molar-refractivity contribution in [3.8, 4) is 0 Å². The van der Waals surface area contributed by atoms with Gasteiger partial charge in [0.2, 0.25) is 0 Å². The lowest BCUT2D eigenvalue weighted by Gasteiger charge is -2.32. The number of thiol groups is 1. The fraction of sp³-hybridized carbons (Fsp3) is 0.769. The molecule has 1 amide bonds. The van der Waals surface area contributed by atoms with E-state index in [0.29, 0.717) is 24.3 Å². The van der Waals surface area contributed by atoms with E-state index in [0.717, 1.165) is 18.5 Å². The smallest absolute Gasteiger partial charge is 0.407 e. The summed E-state index contributed by atoms with van der Waals surface area (Å²) in [5.41, 5.74) is 0.396. The molecule has 1 N–H and O–H groups in total. The highest BCUT2D eigenvalue weighted by atomic mass is 32.1. The van der Waals surface area contributed by atoms with Gasteiger partial charge in [0.15, 0.2) is 0 Å². The Morgan fingerprint density at radius 3 is 2.85 bits per heavy atom. The van der Waals surface area contributed by atoms with Gasteiger partial charge < -0.3 is 10.1 Å². The van der Waals surface area contributed by atoms with Crippen molar-refractivity contribution in [3.63, 3.8) is 0 Å². The molecule has 0 aliphatic heterocycles. The second-order valence-electron chi connectivity index (χ2n) is 6.08. The first-order valence-corrected chi connectivity index (χ1v) is 7.42. The van der Waals surface area contributed by atoms with Gasteiger partial charge in [-0.15, -0.1) is 5.10 Å². The molecule has 0 radical (unpaired) electrons. The Hall–Kier alpha value is -1.24. The number of rotatable bonds is 4. The molecule has 2 unspecified atom stereocenters. The predicted molar refractivity (Wildman–Crippen MR) is 79.0 cm³/mol. The van der Waals surface area contributed by atoms with Gasteiger partial charge in [0.1, 0.15) is 5.60 Å². The first-order chi connectivity index (χ1) is 9.35. The summed E-state index contributed by atoms with van der Waals surface area (Å²) in [4.78, 5) is 11.5. The largest absolute Gasteiger partial charge is 0.444 e. The normalized spacial score (nSPS) is 22.2. The topological polar surface area (TPSA) is 69.0 Å². The van der Waals surface area contributed by atoms with Gasteiger partial charge in [-0.3, -0.25) is 0 Å². The molecule has 1 saturated carbocycles. The second-order valence-corrected chi connectivity index (χ2v) is 6.74. The van der Waals surface area contributed by atoms with Gasteiger partial charge in [-0.05, 0) is 33.6 Å². The van der Waals surface area contributed by atoms with E-state index in [1.54, 1.807) is 0 Å². The van der Waals surface area contributed by atoms with Gasteiger partial charge in [-0.1, -0.05) is 5.21 Å². The van der Waals surface area contributed by atoms with Gasteiger partial charge in [-0.25, -0.2) is 9.48 Å². The Balaban J connectivity index is 1.73. The minimum atomic E-state index is -0.473. The zero-order chi connectivity index (χ0) is 14.8. The lowest BCUT2D eigenvalue weighted by molar-refractivity contribution is 0.0528. The van der Waals surface area contributed by atoms with Crippen LogP contribution in [0, 0.1) is 0 Å². The van der Waals surface area contributed by atoms with Crippen LogP contribution in [0.3, 0.4) is 0 Å². The van der Waals surface area contributed by atoms with Crippen LogP contribution in [0.4, 0.5) is 4.79 Å². The fourth-order valence-electron chi connectivity index (χ4n) is 1.97. The molecule has 1 aliphatic carbocycles. The average Bonchev–Trinajstić information content (AvgIpc) is 2.73. The van der Waals surface area contributed by atoms with E-state index in [4.69, 9.17) is 4.74 Å². The van der Waals surface area contributed by atoms with Crippen LogP contribution >= 0.6 is 12.6 Å². The van der Waals surface area contributed by atoms with E-state index < -0.39 is 11.7 Å². The first kappa shape index (κ1) is 15.2. The van der Waals surface area contributed by atoms with Crippen molar-refractivity contribution in [2.75, 3.05) is 6.54 Å². The maximum absolute atomic E-state index is 11.5. The highest BCUT2D eigenvalue weighted by molar-refractivity contribution is 7.81. The number of carbonyl (C=O) groups is 1. The van der Waals surface area contributed by atoms with Crippen molar-refractivity contribution < 1.29 is 9.53 Å². The minimum absolute atomic E-state index is 0.360. The van der Waals surface area contributed by atoms with Crippen LogP contribution in [0.2, 0.25) is 0 Å². The minimum Gasteiger partial charge on any atom is -0.444 e. The summed E-state index contributed by atoms with van der Waals surface area (Å²) in [7, 11) is 0. The molecule has 7 heteroatoms. The summed E-state index contributed by atoms with van der Waals surface area (Å²) in [5.74, 6) is 0. The van der Waals surface area contributed by atoms with Crippen LogP contribution in [0.5, 0.6) is 0 Å². The number of alkyl carbamates (subject to hydrolysis) is 1. The lowest BCUT2D eigenvalue weighted by atomic mass is 9.92. The molecule has 2 atom stereocenters. The monoisotopic (exact) mass is 298 g/mol. The van der Waals surface area contributed by atoms with Gasteiger partial charge in [0.25, 0.3) is 0 Å². The molecule has 0 spiro atoms. The van der Waals surface area contributed by atoms with Crippen molar-refractivity contribution >= 4 is 18.7 Å². The highest BCUT2D eigenvalue weighted by Gasteiger charge is 2.30. The van der Waals surface area contributed by atoms with E-state index in [1.165, 1.54) is 0 Å². The Labute approximate surface area is 124 Å². The van der Waals surface area contributed by atoms with Crippen LogP contribution in [0.25, 0.3) is 0 Å². The molecule has 6 nitrogen and oxygen atoms in total. The molecule has 1 aliphatic rings. The Morgan fingerprint density at radius 2 is 2.30 bits per heavy atom. The summed E-state index contributed by atoms with van der Waals surface area (Å²) >= 11 is 4.48. The summed E-state index contributed by atoms with van der Waals surface area (Å²) in [6.07, 6.45) is 4.41. The van der Waals surface area contributed by atoms with Gasteiger partial charge >= 0.3 is 6.09 Å². The molecule has 0 bridgehead atoms. The second kappa shape index (κ2) is 6.03. The molecule has 1 heterocycles. The number of amides is 1. The van der Waals surface area contributed by atoms with E-state index in [9.17, 15) is 4.79 Å². The molecule has 20 heavy (non-hydrogen) atoms. The maximum atomic E-state index is 11.5. The quantitative estimate of drug-likeness (QED) is 0.834. The third-order valence-corrected chi connectivity index (χ3v) is 3.75. The van der Waals surface area contributed by atoms with E-state index in [2.05, 4.69) is 28.3 Å². The van der Waals surface area contributed by atoms with Crippen molar-refractivity contribution in [2.24, 2.45) is 0 Å². The fourth-order valence-corrected chi connectivity index (χ4v) is 2.40. The van der Waals surface area contributed by atoms with Crippen molar-refractivity contribution in [2.45, 2.75) is 56.9 Å². The zero-order valence-electron chi connectivity index (χ0n) is 12.2. The highest BCUT2D eigenvalue weighted by Crippen LogP contribution is 2.35. The molecular formula is C13H22N4O2S. The molecule has 1 aromatic rings. The van der Waals surface area contributed by atoms with Crippen LogP contribution in [-0.2, 0) is 11.2 Å². The summed E-state index contributed by atoms with van der Waals surface area (Å²) in [6, 6.07) is 0.360. The van der Waals surface area contributed by atoms with Crippen LogP contribution < -0.4 is 5.32 Å². The summed E-state index contributed by atoms with van der Waals surface area (Å²) < 4.78 is 7.04. The number of aromatic nitrogens is 3. The SMILES string of the molecule is CC(C)(C)OC(=O)NCCc1cn(C2CCC2S)nn1. The number of nitrogens with zero attached hydrogens (tertiary/aromatic N) is 3. The number of nitrogens with one attached hydrogen (secondary N) is 1. The first-order valence-electron chi connectivity index (χ1n) is 6.91. The Morgan fingerprint density at radius 1 is 1.55 bits per heavy atom. The Kier molecular flexibility index (Phi) is 4.57. The van der Waals surface area contributed by atoms with E-state index >= 15 is 0 Å². The number of carbonyl (C=O) groups excluding carboxylic acids is 1. The van der Waals surface area contributed by atoms with Crippen molar-refractivity contribution in [1.29, 1.82) is 0 Å². The standard InChI is InChI=1S/C13H22N4O2S/c1-13(2,3)19-12(18)14-7-6-9-8-17(16-15-9)10-4-5-11(10)20/h8,10-11,20H,4-7H2,1-3H3,(H,14,18). The van der Waals surface area contributed by atoms with Gasteiger partial charge in [0, 0.05) is 24.4 Å². The van der Waals surface area contributed by atoms with Gasteiger partial charge in [0.05, 0.1) is 11.7 Å². The van der Waals surface area contributed by atoms with E-state index in [1.807, 2.05) is 31.6 Å². The number of ether oxygens (including phenoxy) is 1. The summed E-state index contributed by atoms with van der Waals surface area (Å²) in [5, 5.41) is 11.3. The third kappa shape index (κ3) is 4.13. The van der Waals surface area contributed by atoms with Gasteiger partial charge in [-0.2, -0.15) is 12.6 Å². The Bertz CT molecular complexity index is 469. The van der Waals surface area contributed by atoms with Crippen LogP contribution in [0.15, 0.2) is 6.20 Å². The molecular weight excluding hydrogens is 276 g/mol. The summed E-state index contributed by atoms with van der Waals surface area (Å²) in [6.45, 7) is 6.00.